The number of hydrogen-bond donors (Lipinski definition) is 2. The molecule has 0 bridgehead atoms. The lowest BCUT2D eigenvalue weighted by atomic mass is 10.1. The van der Waals surface area contributed by atoms with E-state index in [4.69, 9.17) is 14.2 Å². The van der Waals surface area contributed by atoms with Crippen LogP contribution in [-0.2, 0) is 11.2 Å². The van der Waals surface area contributed by atoms with Gasteiger partial charge in [0.15, 0.2) is 11.5 Å². The Morgan fingerprint density at radius 1 is 1.04 bits per heavy atom. The minimum atomic E-state index is -0.276. The Balaban J connectivity index is 2.05. The summed E-state index contributed by atoms with van der Waals surface area (Å²) in [4.78, 5) is 11.9. The molecule has 0 spiro atoms. The molecule has 25 heavy (non-hydrogen) atoms. The minimum Gasteiger partial charge on any atom is -0.508 e. The zero-order valence-electron chi connectivity index (χ0n) is 14.3. The van der Waals surface area contributed by atoms with Crippen molar-refractivity contribution in [3.8, 4) is 23.0 Å². The Bertz CT molecular complexity index is 757. The highest BCUT2D eigenvalue weighted by Crippen LogP contribution is 2.33. The second-order valence-corrected chi connectivity index (χ2v) is 5.09. The van der Waals surface area contributed by atoms with E-state index in [1.54, 1.807) is 24.3 Å². The molecule has 0 atom stereocenters. The predicted octanol–water partition coefficient (Wildman–Crippen LogP) is 2.11. The zero-order chi connectivity index (χ0) is 18.2. The first-order valence-corrected chi connectivity index (χ1v) is 7.47. The number of rotatable bonds is 7. The number of nitrogens with one attached hydrogen (secondary N) is 1. The molecule has 7 heteroatoms. The van der Waals surface area contributed by atoms with Gasteiger partial charge in [0, 0.05) is 11.6 Å². The van der Waals surface area contributed by atoms with Gasteiger partial charge < -0.3 is 19.3 Å². The number of amides is 1. The number of phenolic OH excluding ortho intramolecular Hbond substituents is 1. The highest BCUT2D eigenvalue weighted by Gasteiger charge is 2.10. The Hall–Kier alpha value is -3.22. The van der Waals surface area contributed by atoms with E-state index in [0.29, 0.717) is 22.8 Å². The largest absolute Gasteiger partial charge is 0.508 e. The van der Waals surface area contributed by atoms with Gasteiger partial charge in [-0.25, -0.2) is 5.43 Å². The monoisotopic (exact) mass is 344 g/mol. The molecule has 2 N–H and O–H groups in total. The molecular formula is C18H20N2O5. The summed E-state index contributed by atoms with van der Waals surface area (Å²) in [6, 6.07) is 9.79. The Labute approximate surface area is 145 Å². The average Bonchev–Trinajstić information content (AvgIpc) is 2.63. The second-order valence-electron chi connectivity index (χ2n) is 5.09. The van der Waals surface area contributed by atoms with Crippen molar-refractivity contribution in [3.05, 3.63) is 47.5 Å². The van der Waals surface area contributed by atoms with Crippen LogP contribution in [0.1, 0.15) is 11.1 Å². The van der Waals surface area contributed by atoms with Gasteiger partial charge in [0.05, 0.1) is 34.0 Å². The number of hydrogen-bond acceptors (Lipinski definition) is 6. The summed E-state index contributed by atoms with van der Waals surface area (Å²) in [5.41, 5.74) is 3.85. The Kier molecular flexibility index (Phi) is 6.22. The number of benzene rings is 2. The normalized spacial score (nSPS) is 10.5. The molecular weight excluding hydrogens is 324 g/mol. The third-order valence-corrected chi connectivity index (χ3v) is 3.43. The lowest BCUT2D eigenvalue weighted by Gasteiger charge is -2.11. The molecule has 0 fully saturated rings. The van der Waals surface area contributed by atoms with Gasteiger partial charge in [-0.1, -0.05) is 12.1 Å². The number of nitrogens with zero attached hydrogens (tertiary/aromatic N) is 1. The molecule has 0 saturated heterocycles. The second kappa shape index (κ2) is 8.58. The van der Waals surface area contributed by atoms with Crippen molar-refractivity contribution in [1.82, 2.24) is 5.43 Å². The van der Waals surface area contributed by atoms with Gasteiger partial charge in [-0.15, -0.1) is 0 Å². The van der Waals surface area contributed by atoms with Crippen molar-refractivity contribution in [3.63, 3.8) is 0 Å². The molecule has 132 valence electrons. The molecule has 0 saturated carbocycles. The summed E-state index contributed by atoms with van der Waals surface area (Å²) in [7, 11) is 4.60. The van der Waals surface area contributed by atoms with Crippen molar-refractivity contribution >= 4 is 12.1 Å². The summed E-state index contributed by atoms with van der Waals surface area (Å²) in [6.45, 7) is 0. The van der Waals surface area contributed by atoms with Crippen LogP contribution in [-0.4, -0.2) is 38.6 Å². The van der Waals surface area contributed by atoms with Crippen LogP contribution in [0.3, 0.4) is 0 Å². The molecule has 2 rings (SSSR count). The van der Waals surface area contributed by atoms with E-state index in [-0.39, 0.29) is 18.1 Å². The molecule has 0 aromatic heterocycles. The van der Waals surface area contributed by atoms with Gasteiger partial charge in [-0.3, -0.25) is 4.79 Å². The number of phenols is 1. The third kappa shape index (κ3) is 4.87. The maximum Gasteiger partial charge on any atom is 0.244 e. The first-order valence-electron chi connectivity index (χ1n) is 7.47. The van der Waals surface area contributed by atoms with Crippen LogP contribution in [0.2, 0.25) is 0 Å². The molecule has 0 heterocycles. The maximum atomic E-state index is 11.9. The summed E-state index contributed by atoms with van der Waals surface area (Å²) in [5, 5.41) is 13.2. The molecule has 2 aromatic rings. The number of carbonyl (C=O) groups excluding carboxylic acids is 1. The van der Waals surface area contributed by atoms with E-state index < -0.39 is 0 Å². The Morgan fingerprint density at radius 3 is 2.24 bits per heavy atom. The Morgan fingerprint density at radius 2 is 1.64 bits per heavy atom. The average molecular weight is 344 g/mol. The fourth-order valence-electron chi connectivity index (χ4n) is 2.17. The van der Waals surface area contributed by atoms with E-state index >= 15 is 0 Å². The number of ether oxygens (including phenoxy) is 3. The van der Waals surface area contributed by atoms with Gasteiger partial charge in [-0.2, -0.15) is 5.10 Å². The highest BCUT2D eigenvalue weighted by molar-refractivity contribution is 5.87. The first kappa shape index (κ1) is 18.1. The van der Waals surface area contributed by atoms with E-state index in [2.05, 4.69) is 10.5 Å². The van der Waals surface area contributed by atoms with Crippen LogP contribution in [0.5, 0.6) is 23.0 Å². The lowest BCUT2D eigenvalue weighted by Crippen LogP contribution is -2.19. The predicted molar refractivity (Wildman–Crippen MR) is 93.6 cm³/mol. The fraction of sp³-hybridized carbons (Fsp3) is 0.222. The molecule has 0 radical (unpaired) electrons. The van der Waals surface area contributed by atoms with Gasteiger partial charge in [0.2, 0.25) is 5.91 Å². The molecule has 1 amide bonds. The van der Waals surface area contributed by atoms with E-state index in [1.807, 2.05) is 0 Å². The molecule has 0 aliphatic carbocycles. The molecule has 0 aliphatic rings. The van der Waals surface area contributed by atoms with Crippen LogP contribution < -0.4 is 19.6 Å². The minimum absolute atomic E-state index is 0.153. The SMILES string of the molecule is COc1cc(OC)c(OC)cc1/C=N\NC(=O)Cc1ccc(O)cc1. The zero-order valence-corrected chi connectivity index (χ0v) is 14.3. The summed E-state index contributed by atoms with van der Waals surface area (Å²) in [5.74, 6) is 1.48. The van der Waals surface area contributed by atoms with Gasteiger partial charge in [-0.05, 0) is 23.8 Å². The molecule has 2 aromatic carbocycles. The van der Waals surface area contributed by atoms with Gasteiger partial charge in [0.1, 0.15) is 11.5 Å². The van der Waals surface area contributed by atoms with Crippen LogP contribution in [0.4, 0.5) is 0 Å². The quantitative estimate of drug-likeness (QED) is 0.593. The van der Waals surface area contributed by atoms with Gasteiger partial charge >= 0.3 is 0 Å². The molecule has 7 nitrogen and oxygen atoms in total. The third-order valence-electron chi connectivity index (χ3n) is 3.43. The standard InChI is InChI=1S/C18H20N2O5/c1-23-15-10-17(25-3)16(24-2)9-13(15)11-19-20-18(22)8-12-4-6-14(21)7-5-12/h4-7,9-11,21H,8H2,1-3H3,(H,20,22)/b19-11-. The van der Waals surface area contributed by atoms with Crippen molar-refractivity contribution in [2.45, 2.75) is 6.42 Å². The van der Waals surface area contributed by atoms with Crippen molar-refractivity contribution < 1.29 is 24.1 Å². The number of aromatic hydroxyl groups is 1. The molecule has 0 unspecified atom stereocenters. The number of carbonyl (C=O) groups is 1. The fourth-order valence-corrected chi connectivity index (χ4v) is 2.17. The van der Waals surface area contributed by atoms with Crippen LogP contribution in [0.25, 0.3) is 0 Å². The highest BCUT2D eigenvalue weighted by atomic mass is 16.5. The summed E-state index contributed by atoms with van der Waals surface area (Å²) < 4.78 is 15.7. The summed E-state index contributed by atoms with van der Waals surface area (Å²) in [6.07, 6.45) is 1.62. The van der Waals surface area contributed by atoms with E-state index in [1.165, 1.54) is 39.7 Å². The topological polar surface area (TPSA) is 89.4 Å². The molecule has 0 aliphatic heterocycles. The van der Waals surface area contributed by atoms with Crippen molar-refractivity contribution in [1.29, 1.82) is 0 Å². The number of methoxy groups -OCH3 is 3. The lowest BCUT2D eigenvalue weighted by molar-refractivity contribution is -0.120. The number of hydrazone groups is 1. The van der Waals surface area contributed by atoms with Crippen LogP contribution >= 0.6 is 0 Å². The first-order chi connectivity index (χ1) is 12.1. The van der Waals surface area contributed by atoms with Gasteiger partial charge in [0.25, 0.3) is 0 Å². The van der Waals surface area contributed by atoms with E-state index in [9.17, 15) is 9.90 Å². The summed E-state index contributed by atoms with van der Waals surface area (Å²) >= 11 is 0. The van der Waals surface area contributed by atoms with Crippen molar-refractivity contribution in [2.75, 3.05) is 21.3 Å². The van der Waals surface area contributed by atoms with Crippen LogP contribution in [0, 0.1) is 0 Å². The smallest absolute Gasteiger partial charge is 0.244 e. The van der Waals surface area contributed by atoms with Crippen LogP contribution in [0.15, 0.2) is 41.5 Å². The maximum absolute atomic E-state index is 11.9. The van der Waals surface area contributed by atoms with Crippen molar-refractivity contribution in [2.24, 2.45) is 5.10 Å². The van der Waals surface area contributed by atoms with E-state index in [0.717, 1.165) is 5.56 Å².